The standard InChI is InChI=1S/C17H22FNO3/c1-19-16(20)14-8-12(9-15(18)10-14)7-11-3-5-13(6-4-11)17(21)22-2/h8-11,13H,3-7H2,1-2H3,(H,19,20)/t11-,13-. The number of rotatable bonds is 4. The highest BCUT2D eigenvalue weighted by molar-refractivity contribution is 5.94. The van der Waals surface area contributed by atoms with Gasteiger partial charge in [0.2, 0.25) is 0 Å². The molecule has 1 saturated carbocycles. The molecule has 1 fully saturated rings. The molecular weight excluding hydrogens is 285 g/mol. The third-order valence-corrected chi connectivity index (χ3v) is 4.35. The first-order valence-electron chi connectivity index (χ1n) is 7.63. The lowest BCUT2D eigenvalue weighted by molar-refractivity contribution is -0.146. The second-order valence-corrected chi connectivity index (χ2v) is 5.87. The summed E-state index contributed by atoms with van der Waals surface area (Å²) in [5.74, 6) is -0.393. The molecule has 0 atom stereocenters. The zero-order chi connectivity index (χ0) is 16.1. The molecule has 1 aromatic carbocycles. The van der Waals surface area contributed by atoms with Crippen molar-refractivity contribution in [3.8, 4) is 0 Å². The van der Waals surface area contributed by atoms with Crippen LogP contribution in [-0.4, -0.2) is 26.0 Å². The Bertz CT molecular complexity index is 551. The van der Waals surface area contributed by atoms with E-state index in [4.69, 9.17) is 4.74 Å². The molecule has 1 aliphatic carbocycles. The fourth-order valence-corrected chi connectivity index (χ4v) is 3.15. The van der Waals surface area contributed by atoms with E-state index in [1.165, 1.54) is 26.3 Å². The van der Waals surface area contributed by atoms with Crippen molar-refractivity contribution in [1.82, 2.24) is 5.32 Å². The van der Waals surface area contributed by atoms with Gasteiger partial charge in [-0.05, 0) is 61.8 Å². The van der Waals surface area contributed by atoms with E-state index in [1.807, 2.05) is 0 Å². The van der Waals surface area contributed by atoms with Gasteiger partial charge in [-0.1, -0.05) is 0 Å². The van der Waals surface area contributed by atoms with Crippen LogP contribution in [0.5, 0.6) is 0 Å². The number of carbonyl (C=O) groups excluding carboxylic acids is 2. The second-order valence-electron chi connectivity index (χ2n) is 5.87. The Morgan fingerprint density at radius 3 is 2.50 bits per heavy atom. The maximum Gasteiger partial charge on any atom is 0.308 e. The lowest BCUT2D eigenvalue weighted by atomic mass is 9.79. The topological polar surface area (TPSA) is 55.4 Å². The van der Waals surface area contributed by atoms with E-state index in [0.717, 1.165) is 37.7 Å². The van der Waals surface area contributed by atoms with Gasteiger partial charge in [0.15, 0.2) is 0 Å². The van der Waals surface area contributed by atoms with Crippen LogP contribution in [0, 0.1) is 17.7 Å². The van der Waals surface area contributed by atoms with Crippen LogP contribution in [0.4, 0.5) is 4.39 Å². The van der Waals surface area contributed by atoms with E-state index in [9.17, 15) is 14.0 Å². The van der Waals surface area contributed by atoms with Gasteiger partial charge < -0.3 is 10.1 Å². The van der Waals surface area contributed by atoms with Gasteiger partial charge in [-0.3, -0.25) is 9.59 Å². The van der Waals surface area contributed by atoms with Gasteiger partial charge in [0.05, 0.1) is 13.0 Å². The lowest BCUT2D eigenvalue weighted by Crippen LogP contribution is -2.24. The number of hydrogen-bond acceptors (Lipinski definition) is 3. The van der Waals surface area contributed by atoms with Crippen LogP contribution < -0.4 is 5.32 Å². The number of benzene rings is 1. The van der Waals surface area contributed by atoms with Crippen LogP contribution in [0.2, 0.25) is 0 Å². The Kier molecular flexibility index (Phi) is 5.52. The highest BCUT2D eigenvalue weighted by Crippen LogP contribution is 2.32. The van der Waals surface area contributed by atoms with E-state index in [-0.39, 0.29) is 23.6 Å². The van der Waals surface area contributed by atoms with Crippen molar-refractivity contribution in [2.75, 3.05) is 14.2 Å². The Morgan fingerprint density at radius 2 is 1.91 bits per heavy atom. The minimum atomic E-state index is -0.389. The molecule has 120 valence electrons. The van der Waals surface area contributed by atoms with Crippen molar-refractivity contribution in [3.63, 3.8) is 0 Å². The summed E-state index contributed by atoms with van der Waals surface area (Å²) in [6.45, 7) is 0. The minimum Gasteiger partial charge on any atom is -0.469 e. The van der Waals surface area contributed by atoms with Gasteiger partial charge in [-0.15, -0.1) is 0 Å². The molecule has 0 aromatic heterocycles. The summed E-state index contributed by atoms with van der Waals surface area (Å²) < 4.78 is 18.4. The zero-order valence-electron chi connectivity index (χ0n) is 13.0. The fraction of sp³-hybridized carbons (Fsp3) is 0.529. The van der Waals surface area contributed by atoms with Gasteiger partial charge >= 0.3 is 5.97 Å². The quantitative estimate of drug-likeness (QED) is 0.870. The molecule has 0 spiro atoms. The summed E-state index contributed by atoms with van der Waals surface area (Å²) >= 11 is 0. The Hall–Kier alpha value is -1.91. The van der Waals surface area contributed by atoms with Gasteiger partial charge in [-0.2, -0.15) is 0 Å². The molecule has 1 aliphatic rings. The highest BCUT2D eigenvalue weighted by Gasteiger charge is 2.27. The summed E-state index contributed by atoms with van der Waals surface area (Å²) in [4.78, 5) is 23.1. The van der Waals surface area contributed by atoms with Crippen LogP contribution in [0.3, 0.4) is 0 Å². The second kappa shape index (κ2) is 7.38. The van der Waals surface area contributed by atoms with Crippen molar-refractivity contribution < 1.29 is 18.7 Å². The smallest absolute Gasteiger partial charge is 0.308 e. The van der Waals surface area contributed by atoms with Gasteiger partial charge in [0.1, 0.15) is 5.82 Å². The minimum absolute atomic E-state index is 0.00445. The molecule has 0 radical (unpaired) electrons. The number of nitrogens with one attached hydrogen (secondary N) is 1. The largest absolute Gasteiger partial charge is 0.469 e. The summed E-state index contributed by atoms with van der Waals surface area (Å²) in [5.41, 5.74) is 1.18. The van der Waals surface area contributed by atoms with E-state index < -0.39 is 0 Å². The number of hydrogen-bond donors (Lipinski definition) is 1. The summed E-state index contributed by atoms with van der Waals surface area (Å²) in [5, 5.41) is 2.51. The Morgan fingerprint density at radius 1 is 1.23 bits per heavy atom. The Labute approximate surface area is 130 Å². The lowest BCUT2D eigenvalue weighted by Gasteiger charge is -2.27. The third-order valence-electron chi connectivity index (χ3n) is 4.35. The number of halogens is 1. The van der Waals surface area contributed by atoms with Gasteiger partial charge in [-0.25, -0.2) is 4.39 Å². The molecule has 0 heterocycles. The number of methoxy groups -OCH3 is 1. The van der Waals surface area contributed by atoms with Crippen LogP contribution in [0.25, 0.3) is 0 Å². The normalized spacial score (nSPS) is 21.2. The van der Waals surface area contributed by atoms with Gasteiger partial charge in [0.25, 0.3) is 5.91 Å². The molecule has 1 aromatic rings. The monoisotopic (exact) mass is 307 g/mol. The maximum absolute atomic E-state index is 13.7. The molecule has 1 N–H and O–H groups in total. The highest BCUT2D eigenvalue weighted by atomic mass is 19.1. The van der Waals surface area contributed by atoms with Crippen molar-refractivity contribution in [1.29, 1.82) is 0 Å². The van der Waals surface area contributed by atoms with E-state index in [0.29, 0.717) is 11.5 Å². The summed E-state index contributed by atoms with van der Waals surface area (Å²) in [7, 11) is 2.95. The zero-order valence-corrected chi connectivity index (χ0v) is 13.0. The van der Waals surface area contributed by atoms with E-state index in [2.05, 4.69) is 5.32 Å². The first-order chi connectivity index (χ1) is 10.5. The molecule has 4 nitrogen and oxygen atoms in total. The SMILES string of the molecule is CNC(=O)c1cc(F)cc(C[C@H]2CC[C@H](C(=O)OC)CC2)c1. The average Bonchev–Trinajstić information content (AvgIpc) is 2.53. The first kappa shape index (κ1) is 16.5. The maximum atomic E-state index is 13.7. The Balaban J connectivity index is 1.99. The third kappa shape index (κ3) is 4.06. The number of amides is 1. The van der Waals surface area contributed by atoms with Crippen LogP contribution in [0.1, 0.15) is 41.6 Å². The number of ether oxygens (including phenoxy) is 1. The van der Waals surface area contributed by atoms with Crippen LogP contribution in [0.15, 0.2) is 18.2 Å². The number of carbonyl (C=O) groups is 2. The van der Waals surface area contributed by atoms with Crippen LogP contribution >= 0.6 is 0 Å². The summed E-state index contributed by atoms with van der Waals surface area (Å²) in [6, 6.07) is 4.48. The first-order valence-corrected chi connectivity index (χ1v) is 7.63. The van der Waals surface area contributed by atoms with E-state index >= 15 is 0 Å². The van der Waals surface area contributed by atoms with Crippen LogP contribution in [-0.2, 0) is 16.0 Å². The average molecular weight is 307 g/mol. The van der Waals surface area contributed by atoms with Gasteiger partial charge in [0, 0.05) is 12.6 Å². The van der Waals surface area contributed by atoms with Crippen molar-refractivity contribution in [3.05, 3.63) is 35.1 Å². The molecule has 5 heteroatoms. The van der Waals surface area contributed by atoms with E-state index in [1.54, 1.807) is 6.07 Å². The van der Waals surface area contributed by atoms with Crippen molar-refractivity contribution >= 4 is 11.9 Å². The molecule has 2 rings (SSSR count). The molecule has 22 heavy (non-hydrogen) atoms. The summed E-state index contributed by atoms with van der Waals surface area (Å²) in [6.07, 6.45) is 4.21. The molecule has 0 unspecified atom stereocenters. The molecule has 0 saturated heterocycles. The van der Waals surface area contributed by atoms with Crippen molar-refractivity contribution in [2.24, 2.45) is 11.8 Å². The van der Waals surface area contributed by atoms with Crippen molar-refractivity contribution in [2.45, 2.75) is 32.1 Å². The predicted molar refractivity (Wildman–Crippen MR) is 81.0 cm³/mol. The molecular formula is C17H22FNO3. The fourth-order valence-electron chi connectivity index (χ4n) is 3.15. The number of esters is 1. The molecule has 0 aliphatic heterocycles. The predicted octanol–water partition coefficient (Wildman–Crippen LogP) is 2.71. The molecule has 1 amide bonds. The molecule has 0 bridgehead atoms.